The Morgan fingerprint density at radius 3 is 2.69 bits per heavy atom. The molecule has 1 aliphatic rings. The molecule has 0 bridgehead atoms. The van der Waals surface area contributed by atoms with Crippen LogP contribution in [-0.2, 0) is 14.3 Å². The van der Waals surface area contributed by atoms with Crippen molar-refractivity contribution in [3.63, 3.8) is 0 Å². The highest BCUT2D eigenvalue weighted by Crippen LogP contribution is 2.16. The van der Waals surface area contributed by atoms with Gasteiger partial charge < -0.3 is 9.64 Å². The molecule has 1 fully saturated rings. The average molecular weight is 183 g/mol. The highest BCUT2D eigenvalue weighted by atomic mass is 16.5. The van der Waals surface area contributed by atoms with Crippen molar-refractivity contribution < 1.29 is 14.3 Å². The molecule has 1 amide bonds. The van der Waals surface area contributed by atoms with E-state index in [9.17, 15) is 9.59 Å². The van der Waals surface area contributed by atoms with E-state index >= 15 is 0 Å². The maximum absolute atomic E-state index is 11.3. The normalized spacial score (nSPS) is 17.8. The van der Waals surface area contributed by atoms with Crippen LogP contribution in [0.5, 0.6) is 0 Å². The van der Waals surface area contributed by atoms with Gasteiger partial charge in [0.15, 0.2) is 0 Å². The van der Waals surface area contributed by atoms with Gasteiger partial charge in [0.25, 0.3) is 0 Å². The smallest absolute Gasteiger partial charge is 0.354 e. The summed E-state index contributed by atoms with van der Waals surface area (Å²) >= 11 is 0. The lowest BCUT2D eigenvalue weighted by Gasteiger charge is -2.16. The van der Waals surface area contributed by atoms with E-state index in [1.54, 1.807) is 13.0 Å². The third kappa shape index (κ3) is 1.88. The number of hydrogen-bond acceptors (Lipinski definition) is 3. The van der Waals surface area contributed by atoms with E-state index < -0.39 is 5.97 Å². The van der Waals surface area contributed by atoms with Crippen molar-refractivity contribution in [1.29, 1.82) is 0 Å². The highest BCUT2D eigenvalue weighted by Gasteiger charge is 2.27. The van der Waals surface area contributed by atoms with E-state index in [2.05, 4.69) is 4.74 Å². The first-order valence-electron chi connectivity index (χ1n) is 4.25. The van der Waals surface area contributed by atoms with Gasteiger partial charge in [-0.15, -0.1) is 0 Å². The molecule has 0 atom stereocenters. The van der Waals surface area contributed by atoms with Gasteiger partial charge in [-0.1, -0.05) is 6.08 Å². The summed E-state index contributed by atoms with van der Waals surface area (Å²) in [5.74, 6) is -0.448. The fourth-order valence-corrected chi connectivity index (χ4v) is 1.39. The molecule has 0 aromatic heterocycles. The Morgan fingerprint density at radius 1 is 1.62 bits per heavy atom. The molecule has 1 aliphatic heterocycles. The minimum Gasteiger partial charge on any atom is -0.464 e. The molecule has 0 aromatic rings. The van der Waals surface area contributed by atoms with Gasteiger partial charge in [-0.2, -0.15) is 0 Å². The summed E-state index contributed by atoms with van der Waals surface area (Å²) in [5, 5.41) is 0. The summed E-state index contributed by atoms with van der Waals surface area (Å²) in [5.41, 5.74) is 0.352. The predicted octanol–water partition coefficient (Wildman–Crippen LogP) is 0.686. The Kier molecular flexibility index (Phi) is 3.06. The Labute approximate surface area is 77.2 Å². The number of hydrogen-bond donors (Lipinski definition) is 0. The molecule has 0 spiro atoms. The van der Waals surface area contributed by atoms with Crippen LogP contribution >= 0.6 is 0 Å². The maximum Gasteiger partial charge on any atom is 0.354 e. The summed E-state index contributed by atoms with van der Waals surface area (Å²) in [7, 11) is 1.31. The zero-order chi connectivity index (χ0) is 9.84. The number of amides is 1. The van der Waals surface area contributed by atoms with Crippen LogP contribution in [0.2, 0.25) is 0 Å². The van der Waals surface area contributed by atoms with Crippen LogP contribution in [0.3, 0.4) is 0 Å². The number of carbonyl (C=O) groups excluding carboxylic acids is 2. The molecule has 0 N–H and O–H groups in total. The maximum atomic E-state index is 11.3. The van der Waals surface area contributed by atoms with Crippen molar-refractivity contribution in [2.24, 2.45) is 0 Å². The quantitative estimate of drug-likeness (QED) is 0.467. The predicted molar refractivity (Wildman–Crippen MR) is 46.7 cm³/mol. The molecule has 0 unspecified atom stereocenters. The highest BCUT2D eigenvalue weighted by molar-refractivity contribution is 5.94. The third-order valence-corrected chi connectivity index (χ3v) is 2.03. The van der Waals surface area contributed by atoms with E-state index in [1.165, 1.54) is 12.0 Å². The largest absolute Gasteiger partial charge is 0.464 e. The first kappa shape index (κ1) is 9.77. The second kappa shape index (κ2) is 4.07. The molecular weight excluding hydrogens is 170 g/mol. The van der Waals surface area contributed by atoms with Crippen LogP contribution in [0, 0.1) is 0 Å². The van der Waals surface area contributed by atoms with Gasteiger partial charge in [-0.3, -0.25) is 4.79 Å². The second-order valence-electron chi connectivity index (χ2n) is 2.81. The van der Waals surface area contributed by atoms with Crippen LogP contribution in [-0.4, -0.2) is 30.4 Å². The lowest BCUT2D eigenvalue weighted by atomic mass is 10.3. The van der Waals surface area contributed by atoms with E-state index in [0.717, 1.165) is 6.42 Å². The number of ether oxygens (including phenoxy) is 1. The van der Waals surface area contributed by atoms with E-state index in [-0.39, 0.29) is 5.91 Å². The van der Waals surface area contributed by atoms with Gasteiger partial charge in [-0.05, 0) is 13.3 Å². The summed E-state index contributed by atoms with van der Waals surface area (Å²) in [6.45, 7) is 2.34. The average Bonchev–Trinajstić information content (AvgIpc) is 2.53. The van der Waals surface area contributed by atoms with E-state index in [1.807, 2.05) is 0 Å². The lowest BCUT2D eigenvalue weighted by Crippen LogP contribution is -2.29. The van der Waals surface area contributed by atoms with Gasteiger partial charge in [0, 0.05) is 13.0 Å². The summed E-state index contributed by atoms with van der Waals surface area (Å²) in [6, 6.07) is 0. The molecule has 72 valence electrons. The van der Waals surface area contributed by atoms with Gasteiger partial charge >= 0.3 is 5.97 Å². The topological polar surface area (TPSA) is 46.6 Å². The minimum absolute atomic E-state index is 0.00139. The molecule has 0 aliphatic carbocycles. The van der Waals surface area contributed by atoms with Crippen molar-refractivity contribution in [1.82, 2.24) is 4.90 Å². The molecule has 0 saturated carbocycles. The number of carbonyl (C=O) groups is 2. The van der Waals surface area contributed by atoms with E-state index in [4.69, 9.17) is 0 Å². The second-order valence-corrected chi connectivity index (χ2v) is 2.81. The third-order valence-electron chi connectivity index (χ3n) is 2.03. The molecule has 1 rings (SSSR count). The Bertz CT molecular complexity index is 258. The Hall–Kier alpha value is -1.32. The lowest BCUT2D eigenvalue weighted by molar-refractivity contribution is -0.140. The SMILES string of the molecule is C/C=C(\C(=O)OC)N1CCCC1=O. The molecule has 1 heterocycles. The van der Waals surface area contributed by atoms with Crippen molar-refractivity contribution in [2.45, 2.75) is 19.8 Å². The molecule has 1 saturated heterocycles. The van der Waals surface area contributed by atoms with E-state index in [0.29, 0.717) is 18.7 Å². The molecule has 0 aromatic carbocycles. The summed E-state index contributed by atoms with van der Waals surface area (Å²) in [4.78, 5) is 23.9. The fourth-order valence-electron chi connectivity index (χ4n) is 1.39. The molecular formula is C9H13NO3. The Balaban J connectivity index is 2.78. The molecule has 13 heavy (non-hydrogen) atoms. The number of rotatable bonds is 2. The van der Waals surface area contributed by atoms with Crippen LogP contribution in [0.4, 0.5) is 0 Å². The first-order valence-corrected chi connectivity index (χ1v) is 4.25. The molecule has 0 radical (unpaired) electrons. The number of nitrogens with zero attached hydrogens (tertiary/aromatic N) is 1. The van der Waals surface area contributed by atoms with Gasteiger partial charge in [0.1, 0.15) is 5.70 Å². The van der Waals surface area contributed by atoms with Gasteiger partial charge in [-0.25, -0.2) is 4.79 Å². The number of esters is 1. The Morgan fingerprint density at radius 2 is 2.31 bits per heavy atom. The monoisotopic (exact) mass is 183 g/mol. The van der Waals surface area contributed by atoms with Crippen LogP contribution in [0.1, 0.15) is 19.8 Å². The van der Waals surface area contributed by atoms with Gasteiger partial charge in [0.2, 0.25) is 5.91 Å². The number of methoxy groups -OCH3 is 1. The summed E-state index contributed by atoms with van der Waals surface area (Å²) < 4.78 is 4.56. The van der Waals surface area contributed by atoms with Crippen LogP contribution in [0.15, 0.2) is 11.8 Å². The zero-order valence-corrected chi connectivity index (χ0v) is 7.87. The van der Waals surface area contributed by atoms with Crippen LogP contribution < -0.4 is 0 Å². The standard InChI is InChI=1S/C9H13NO3/c1-3-7(9(12)13-2)10-6-4-5-8(10)11/h3H,4-6H2,1-2H3/b7-3+. The minimum atomic E-state index is -0.447. The zero-order valence-electron chi connectivity index (χ0n) is 7.87. The van der Waals surface area contributed by atoms with Crippen molar-refractivity contribution in [2.75, 3.05) is 13.7 Å². The summed E-state index contributed by atoms with van der Waals surface area (Å²) in [6.07, 6.45) is 2.94. The first-order chi connectivity index (χ1) is 6.20. The van der Waals surface area contributed by atoms with Crippen molar-refractivity contribution in [3.05, 3.63) is 11.8 Å². The fraction of sp³-hybridized carbons (Fsp3) is 0.556. The number of allylic oxidation sites excluding steroid dienone is 1. The van der Waals surface area contributed by atoms with Gasteiger partial charge in [0.05, 0.1) is 7.11 Å². The number of likely N-dealkylation sites (tertiary alicyclic amines) is 1. The molecule has 4 heteroatoms. The van der Waals surface area contributed by atoms with Crippen LogP contribution in [0.25, 0.3) is 0 Å². The molecule has 4 nitrogen and oxygen atoms in total. The van der Waals surface area contributed by atoms with Crippen molar-refractivity contribution in [3.8, 4) is 0 Å². The van der Waals surface area contributed by atoms with Crippen molar-refractivity contribution >= 4 is 11.9 Å².